The molecule has 4 N–H and O–H groups in total. The van der Waals surface area contributed by atoms with Crippen LogP contribution in [0.3, 0.4) is 0 Å². The molecule has 0 aliphatic heterocycles. The van der Waals surface area contributed by atoms with Gasteiger partial charge in [-0.3, -0.25) is 0 Å². The monoisotopic (exact) mass is 240 g/mol. The molecule has 2 atom stereocenters. The summed E-state index contributed by atoms with van der Waals surface area (Å²) in [6.45, 7) is 0. The van der Waals surface area contributed by atoms with E-state index in [9.17, 15) is 0 Å². The Labute approximate surface area is 86.4 Å². The molecule has 3 heteroatoms. The highest BCUT2D eigenvalue weighted by atomic mass is 79.9. The number of benzene rings is 1. The predicted octanol–water partition coefficient (Wildman–Crippen LogP) is 1.72. The highest BCUT2D eigenvalue weighted by Gasteiger charge is 2.23. The minimum atomic E-state index is 0.00116. The molecule has 13 heavy (non-hydrogen) atoms. The Morgan fingerprint density at radius 2 is 2.08 bits per heavy atom. The zero-order valence-electron chi connectivity index (χ0n) is 7.33. The van der Waals surface area contributed by atoms with Crippen molar-refractivity contribution in [2.75, 3.05) is 0 Å². The summed E-state index contributed by atoms with van der Waals surface area (Å²) >= 11 is 3.44. The van der Waals surface area contributed by atoms with Crippen molar-refractivity contribution in [1.82, 2.24) is 0 Å². The van der Waals surface area contributed by atoms with Crippen molar-refractivity contribution in [3.05, 3.63) is 33.8 Å². The zero-order chi connectivity index (χ0) is 9.42. The van der Waals surface area contributed by atoms with Crippen molar-refractivity contribution in [1.29, 1.82) is 0 Å². The van der Waals surface area contributed by atoms with Crippen LogP contribution in [0.25, 0.3) is 0 Å². The molecule has 0 heterocycles. The Bertz CT molecular complexity index is 325. The molecule has 0 saturated carbocycles. The van der Waals surface area contributed by atoms with Crippen molar-refractivity contribution < 1.29 is 0 Å². The number of aryl methyl sites for hydroxylation is 1. The summed E-state index contributed by atoms with van der Waals surface area (Å²) in [6.07, 6.45) is 2.05. The lowest BCUT2D eigenvalue weighted by molar-refractivity contribution is 0.481. The second-order valence-electron chi connectivity index (χ2n) is 3.57. The lowest BCUT2D eigenvalue weighted by Crippen LogP contribution is -2.38. The molecule has 70 valence electrons. The Balaban J connectivity index is 2.45. The van der Waals surface area contributed by atoms with Crippen LogP contribution in [0.15, 0.2) is 22.7 Å². The maximum atomic E-state index is 6.01. The Hall–Kier alpha value is -0.380. The third-order valence-corrected chi connectivity index (χ3v) is 3.17. The maximum absolute atomic E-state index is 6.01. The average Bonchev–Trinajstić information content (AvgIpc) is 2.12. The van der Waals surface area contributed by atoms with Crippen molar-refractivity contribution >= 4 is 15.9 Å². The van der Waals surface area contributed by atoms with Gasteiger partial charge in [-0.2, -0.15) is 0 Å². The van der Waals surface area contributed by atoms with E-state index in [1.807, 2.05) is 0 Å². The van der Waals surface area contributed by atoms with Gasteiger partial charge in [-0.05, 0) is 36.1 Å². The van der Waals surface area contributed by atoms with E-state index in [0.717, 1.165) is 17.3 Å². The first kappa shape index (κ1) is 9.19. The van der Waals surface area contributed by atoms with Crippen LogP contribution in [0.1, 0.15) is 23.6 Å². The van der Waals surface area contributed by atoms with Gasteiger partial charge in [0.2, 0.25) is 0 Å². The number of hydrogen-bond donors (Lipinski definition) is 2. The molecular formula is C10H13BrN2. The molecule has 2 rings (SSSR count). The van der Waals surface area contributed by atoms with E-state index in [-0.39, 0.29) is 12.1 Å². The van der Waals surface area contributed by atoms with Gasteiger partial charge in [0.1, 0.15) is 0 Å². The van der Waals surface area contributed by atoms with Gasteiger partial charge in [0.15, 0.2) is 0 Å². The van der Waals surface area contributed by atoms with Gasteiger partial charge in [-0.15, -0.1) is 0 Å². The molecule has 1 aromatic rings. The molecule has 1 aliphatic rings. The molecule has 0 aromatic heterocycles. The number of fused-ring (bicyclic) bond motifs is 1. The van der Waals surface area contributed by atoms with E-state index < -0.39 is 0 Å². The number of halogens is 1. The molecule has 1 aliphatic carbocycles. The second-order valence-corrected chi connectivity index (χ2v) is 4.49. The van der Waals surface area contributed by atoms with E-state index in [1.165, 1.54) is 11.1 Å². The van der Waals surface area contributed by atoms with Gasteiger partial charge in [0.25, 0.3) is 0 Å². The Kier molecular flexibility index (Phi) is 2.41. The molecule has 1 aromatic carbocycles. The maximum Gasteiger partial charge on any atom is 0.0451 e. The molecule has 0 spiro atoms. The molecule has 0 unspecified atom stereocenters. The van der Waals surface area contributed by atoms with Crippen LogP contribution in [0.4, 0.5) is 0 Å². The lowest BCUT2D eigenvalue weighted by atomic mass is 9.85. The molecule has 0 saturated heterocycles. The summed E-state index contributed by atoms with van der Waals surface area (Å²) in [5.74, 6) is 0. The third-order valence-electron chi connectivity index (χ3n) is 2.68. The smallest absolute Gasteiger partial charge is 0.0451 e. The first-order valence-corrected chi connectivity index (χ1v) is 5.27. The van der Waals surface area contributed by atoms with Crippen molar-refractivity contribution in [2.45, 2.75) is 24.9 Å². The summed E-state index contributed by atoms with van der Waals surface area (Å²) < 4.78 is 1.08. The average molecular weight is 241 g/mol. The van der Waals surface area contributed by atoms with Gasteiger partial charge >= 0.3 is 0 Å². The fraction of sp³-hybridized carbons (Fsp3) is 0.400. The SMILES string of the molecule is N[C@@H]1c2cc(Br)ccc2CC[C@@H]1N. The minimum absolute atomic E-state index is 0.00116. The van der Waals surface area contributed by atoms with Crippen LogP contribution in [0.5, 0.6) is 0 Å². The molecule has 0 bridgehead atoms. The quantitative estimate of drug-likeness (QED) is 0.726. The Morgan fingerprint density at radius 1 is 1.31 bits per heavy atom. The topological polar surface area (TPSA) is 52.0 Å². The molecular weight excluding hydrogens is 228 g/mol. The first-order valence-electron chi connectivity index (χ1n) is 4.48. The summed E-state index contributed by atoms with van der Waals surface area (Å²) in [4.78, 5) is 0. The molecule has 0 radical (unpaired) electrons. The summed E-state index contributed by atoms with van der Waals surface area (Å²) in [7, 11) is 0. The largest absolute Gasteiger partial charge is 0.326 e. The van der Waals surface area contributed by atoms with Crippen LogP contribution in [0, 0.1) is 0 Å². The fourth-order valence-electron chi connectivity index (χ4n) is 1.84. The van der Waals surface area contributed by atoms with Gasteiger partial charge in [0.05, 0.1) is 0 Å². The lowest BCUT2D eigenvalue weighted by Gasteiger charge is -2.28. The predicted molar refractivity (Wildman–Crippen MR) is 57.4 cm³/mol. The third kappa shape index (κ3) is 1.64. The van der Waals surface area contributed by atoms with Crippen LogP contribution < -0.4 is 11.5 Å². The summed E-state index contributed by atoms with van der Waals surface area (Å²) in [5.41, 5.74) is 14.5. The van der Waals surface area contributed by atoms with E-state index in [4.69, 9.17) is 11.5 Å². The van der Waals surface area contributed by atoms with Gasteiger partial charge in [-0.25, -0.2) is 0 Å². The molecule has 0 amide bonds. The van der Waals surface area contributed by atoms with Crippen LogP contribution >= 0.6 is 15.9 Å². The zero-order valence-corrected chi connectivity index (χ0v) is 8.92. The van der Waals surface area contributed by atoms with Crippen LogP contribution in [-0.2, 0) is 6.42 Å². The second kappa shape index (κ2) is 3.40. The standard InChI is InChI=1S/C10H13BrN2/c11-7-3-1-6-2-4-9(12)10(13)8(6)5-7/h1,3,5,9-10H,2,4,12-13H2/t9-,10+/m0/s1. The van der Waals surface area contributed by atoms with E-state index in [1.54, 1.807) is 0 Å². The summed E-state index contributed by atoms with van der Waals surface area (Å²) in [6, 6.07) is 6.38. The van der Waals surface area contributed by atoms with Gasteiger partial charge < -0.3 is 11.5 Å². The fourth-order valence-corrected chi connectivity index (χ4v) is 2.21. The van der Waals surface area contributed by atoms with Crippen molar-refractivity contribution in [2.24, 2.45) is 11.5 Å². The molecule has 2 nitrogen and oxygen atoms in total. The van der Waals surface area contributed by atoms with E-state index in [2.05, 4.69) is 34.1 Å². The van der Waals surface area contributed by atoms with Gasteiger partial charge in [0, 0.05) is 16.6 Å². The minimum Gasteiger partial charge on any atom is -0.326 e. The van der Waals surface area contributed by atoms with Crippen LogP contribution in [-0.4, -0.2) is 6.04 Å². The van der Waals surface area contributed by atoms with E-state index in [0.29, 0.717) is 0 Å². The van der Waals surface area contributed by atoms with E-state index >= 15 is 0 Å². The van der Waals surface area contributed by atoms with Gasteiger partial charge in [-0.1, -0.05) is 22.0 Å². The number of hydrogen-bond acceptors (Lipinski definition) is 2. The normalized spacial score (nSPS) is 27.0. The van der Waals surface area contributed by atoms with Crippen LogP contribution in [0.2, 0.25) is 0 Å². The van der Waals surface area contributed by atoms with Crippen molar-refractivity contribution in [3.8, 4) is 0 Å². The number of rotatable bonds is 0. The van der Waals surface area contributed by atoms with Crippen molar-refractivity contribution in [3.63, 3.8) is 0 Å². The highest BCUT2D eigenvalue weighted by molar-refractivity contribution is 9.10. The molecule has 0 fully saturated rings. The summed E-state index contributed by atoms with van der Waals surface area (Å²) in [5, 5.41) is 0. The first-order chi connectivity index (χ1) is 6.18. The number of nitrogens with two attached hydrogens (primary N) is 2. The Morgan fingerprint density at radius 3 is 2.85 bits per heavy atom. The highest BCUT2D eigenvalue weighted by Crippen LogP contribution is 2.29.